The van der Waals surface area contributed by atoms with E-state index >= 15 is 0 Å². The Balaban J connectivity index is 1.50. The first-order valence-electron chi connectivity index (χ1n) is 8.08. The van der Waals surface area contributed by atoms with Gasteiger partial charge in [0.2, 0.25) is 17.6 Å². The average Bonchev–Trinajstić information content (AvgIpc) is 3.04. The smallest absolute Gasteiger partial charge is 0.227 e. The van der Waals surface area contributed by atoms with Crippen molar-refractivity contribution in [2.45, 2.75) is 51.0 Å². The minimum absolute atomic E-state index is 0.0263. The summed E-state index contributed by atoms with van der Waals surface area (Å²) in [6.07, 6.45) is 6.53. The maximum Gasteiger partial charge on any atom is 0.227 e. The molecule has 23 heavy (non-hydrogen) atoms. The quantitative estimate of drug-likeness (QED) is 0.919. The molecule has 122 valence electrons. The van der Waals surface area contributed by atoms with Crippen LogP contribution < -0.4 is 5.32 Å². The highest BCUT2D eigenvalue weighted by Gasteiger charge is 2.16. The molecule has 3 rings (SSSR count). The van der Waals surface area contributed by atoms with Gasteiger partial charge in [-0.25, -0.2) is 4.39 Å². The molecule has 1 fully saturated rings. The summed E-state index contributed by atoms with van der Waals surface area (Å²) < 4.78 is 18.1. The van der Waals surface area contributed by atoms with Crippen molar-refractivity contribution >= 4 is 5.91 Å². The molecule has 5 nitrogen and oxygen atoms in total. The van der Waals surface area contributed by atoms with Gasteiger partial charge in [-0.1, -0.05) is 24.4 Å². The van der Waals surface area contributed by atoms with Crippen LogP contribution in [0.15, 0.2) is 28.8 Å². The molecular weight excluding hydrogens is 297 g/mol. The van der Waals surface area contributed by atoms with Crippen LogP contribution in [0.1, 0.15) is 44.4 Å². The van der Waals surface area contributed by atoms with Crippen LogP contribution in [0.5, 0.6) is 0 Å². The Bertz CT molecular complexity index is 648. The minimum atomic E-state index is -0.308. The number of rotatable bonds is 5. The zero-order valence-corrected chi connectivity index (χ0v) is 12.9. The van der Waals surface area contributed by atoms with Gasteiger partial charge in [-0.15, -0.1) is 0 Å². The number of hydrogen-bond acceptors (Lipinski definition) is 4. The van der Waals surface area contributed by atoms with Crippen molar-refractivity contribution in [1.29, 1.82) is 0 Å². The second kappa shape index (κ2) is 7.35. The second-order valence-electron chi connectivity index (χ2n) is 5.92. The molecule has 1 amide bonds. The van der Waals surface area contributed by atoms with Gasteiger partial charge in [0.25, 0.3) is 0 Å². The zero-order valence-electron chi connectivity index (χ0n) is 12.9. The summed E-state index contributed by atoms with van der Waals surface area (Å²) in [5.41, 5.74) is 0.688. The summed E-state index contributed by atoms with van der Waals surface area (Å²) >= 11 is 0. The van der Waals surface area contributed by atoms with Gasteiger partial charge in [-0.2, -0.15) is 4.98 Å². The number of benzene rings is 1. The molecule has 6 heteroatoms. The van der Waals surface area contributed by atoms with E-state index in [1.165, 1.54) is 31.4 Å². The summed E-state index contributed by atoms with van der Waals surface area (Å²) in [7, 11) is 0. The maximum absolute atomic E-state index is 12.9. The van der Waals surface area contributed by atoms with Crippen molar-refractivity contribution in [1.82, 2.24) is 15.5 Å². The number of halogens is 1. The van der Waals surface area contributed by atoms with Crippen LogP contribution in [0.3, 0.4) is 0 Å². The number of carbonyl (C=O) groups excluding carboxylic acids is 1. The molecule has 0 unspecified atom stereocenters. The lowest BCUT2D eigenvalue weighted by atomic mass is 9.95. The highest BCUT2D eigenvalue weighted by atomic mass is 19.1. The van der Waals surface area contributed by atoms with Crippen LogP contribution in [-0.4, -0.2) is 22.1 Å². The van der Waals surface area contributed by atoms with E-state index in [1.54, 1.807) is 12.1 Å². The summed E-state index contributed by atoms with van der Waals surface area (Å²) in [4.78, 5) is 16.2. The van der Waals surface area contributed by atoms with Crippen molar-refractivity contribution in [3.63, 3.8) is 0 Å². The summed E-state index contributed by atoms with van der Waals surface area (Å²) in [6, 6.07) is 6.21. The van der Waals surface area contributed by atoms with E-state index < -0.39 is 0 Å². The number of hydrogen-bond donors (Lipinski definition) is 1. The van der Waals surface area contributed by atoms with Gasteiger partial charge >= 0.3 is 0 Å². The first-order valence-corrected chi connectivity index (χ1v) is 8.08. The second-order valence-corrected chi connectivity index (χ2v) is 5.92. The number of aryl methyl sites for hydroxylation is 1. The summed E-state index contributed by atoms with van der Waals surface area (Å²) in [5.74, 6) is 0.547. The summed E-state index contributed by atoms with van der Waals surface area (Å²) in [5, 5.41) is 6.93. The molecule has 1 N–H and O–H groups in total. The van der Waals surface area contributed by atoms with Gasteiger partial charge in [0, 0.05) is 24.4 Å². The predicted molar refractivity (Wildman–Crippen MR) is 83.0 cm³/mol. The molecule has 1 aromatic carbocycles. The van der Waals surface area contributed by atoms with E-state index in [0.29, 0.717) is 36.2 Å². The third-order valence-electron chi connectivity index (χ3n) is 4.11. The molecule has 0 bridgehead atoms. The Morgan fingerprint density at radius 3 is 2.70 bits per heavy atom. The number of carbonyl (C=O) groups is 1. The van der Waals surface area contributed by atoms with Gasteiger partial charge in [0.15, 0.2) is 0 Å². The number of nitrogens with one attached hydrogen (secondary N) is 1. The van der Waals surface area contributed by atoms with Crippen LogP contribution >= 0.6 is 0 Å². The van der Waals surface area contributed by atoms with Crippen molar-refractivity contribution in [3.05, 3.63) is 36.0 Å². The molecule has 0 spiro atoms. The maximum atomic E-state index is 12.9. The van der Waals surface area contributed by atoms with E-state index in [0.717, 1.165) is 12.8 Å². The SMILES string of the molecule is O=C(CCc1nc(-c2ccc(F)cc2)no1)NC1CCCCC1. The van der Waals surface area contributed by atoms with Gasteiger partial charge in [-0.05, 0) is 37.1 Å². The van der Waals surface area contributed by atoms with Gasteiger partial charge in [0.1, 0.15) is 5.82 Å². The fraction of sp³-hybridized carbons (Fsp3) is 0.471. The van der Waals surface area contributed by atoms with Crippen molar-refractivity contribution in [3.8, 4) is 11.4 Å². The first-order chi connectivity index (χ1) is 11.2. The lowest BCUT2D eigenvalue weighted by Gasteiger charge is -2.22. The molecule has 1 aromatic heterocycles. The van der Waals surface area contributed by atoms with Crippen LogP contribution in [0.2, 0.25) is 0 Å². The van der Waals surface area contributed by atoms with E-state index in [9.17, 15) is 9.18 Å². The topological polar surface area (TPSA) is 68.0 Å². The molecule has 1 saturated carbocycles. The zero-order chi connectivity index (χ0) is 16.1. The van der Waals surface area contributed by atoms with E-state index in [4.69, 9.17) is 4.52 Å². The molecule has 0 atom stereocenters. The normalized spacial score (nSPS) is 15.5. The highest BCUT2D eigenvalue weighted by molar-refractivity contribution is 5.76. The molecule has 0 aliphatic heterocycles. The molecular formula is C17H20FN3O2. The van der Waals surface area contributed by atoms with Gasteiger partial charge < -0.3 is 9.84 Å². The standard InChI is InChI=1S/C17H20FN3O2/c18-13-8-6-12(7-9-13)17-20-16(23-21-17)11-10-15(22)19-14-4-2-1-3-5-14/h6-9,14H,1-5,10-11H2,(H,19,22). The van der Waals surface area contributed by atoms with Crippen LogP contribution in [0, 0.1) is 5.82 Å². The Kier molecular flexibility index (Phi) is 5.00. The molecule has 1 aliphatic carbocycles. The van der Waals surface area contributed by atoms with E-state index in [2.05, 4.69) is 15.5 Å². The Morgan fingerprint density at radius 2 is 1.96 bits per heavy atom. The fourth-order valence-corrected chi connectivity index (χ4v) is 2.84. The van der Waals surface area contributed by atoms with Crippen LogP contribution in [-0.2, 0) is 11.2 Å². The number of nitrogens with zero attached hydrogens (tertiary/aromatic N) is 2. The minimum Gasteiger partial charge on any atom is -0.353 e. The monoisotopic (exact) mass is 317 g/mol. The van der Waals surface area contributed by atoms with Gasteiger partial charge in [0.05, 0.1) is 0 Å². The third kappa shape index (κ3) is 4.37. The van der Waals surface area contributed by atoms with Crippen molar-refractivity contribution in [2.75, 3.05) is 0 Å². The Hall–Kier alpha value is -2.24. The average molecular weight is 317 g/mol. The fourth-order valence-electron chi connectivity index (χ4n) is 2.84. The predicted octanol–water partition coefficient (Wildman–Crippen LogP) is 3.26. The van der Waals surface area contributed by atoms with Crippen LogP contribution in [0.25, 0.3) is 11.4 Å². The van der Waals surface area contributed by atoms with Crippen molar-refractivity contribution in [2.24, 2.45) is 0 Å². The van der Waals surface area contributed by atoms with Gasteiger partial charge in [-0.3, -0.25) is 4.79 Å². The Morgan fingerprint density at radius 1 is 1.22 bits per heavy atom. The number of aromatic nitrogens is 2. The Labute approximate surface area is 134 Å². The largest absolute Gasteiger partial charge is 0.353 e. The lowest BCUT2D eigenvalue weighted by molar-refractivity contribution is -0.122. The highest BCUT2D eigenvalue weighted by Crippen LogP contribution is 2.18. The van der Waals surface area contributed by atoms with E-state index in [-0.39, 0.29) is 11.7 Å². The third-order valence-corrected chi connectivity index (χ3v) is 4.11. The molecule has 0 saturated heterocycles. The number of amides is 1. The van der Waals surface area contributed by atoms with E-state index in [1.807, 2.05) is 0 Å². The van der Waals surface area contributed by atoms with Crippen LogP contribution in [0.4, 0.5) is 4.39 Å². The molecule has 2 aromatic rings. The molecule has 0 radical (unpaired) electrons. The molecule has 1 aliphatic rings. The first kappa shape index (κ1) is 15.6. The lowest BCUT2D eigenvalue weighted by Crippen LogP contribution is -2.36. The van der Waals surface area contributed by atoms with Crippen molar-refractivity contribution < 1.29 is 13.7 Å². The summed E-state index contributed by atoms with van der Waals surface area (Å²) in [6.45, 7) is 0. The molecule has 1 heterocycles.